The highest BCUT2D eigenvalue weighted by atomic mass is 16.2. The molecule has 0 aliphatic carbocycles. The van der Waals surface area contributed by atoms with Crippen molar-refractivity contribution in [3.63, 3.8) is 0 Å². The Morgan fingerprint density at radius 1 is 1.00 bits per heavy atom. The number of carbonyl (C=O) groups excluding carboxylic acids is 2. The number of hydrogen-bond acceptors (Lipinski definition) is 2. The molecule has 0 N–H and O–H groups in total. The molecular formula is C27H36N2O2. The van der Waals surface area contributed by atoms with Crippen LogP contribution in [-0.2, 0) is 16.0 Å². The number of rotatable bonds is 6. The van der Waals surface area contributed by atoms with Crippen molar-refractivity contribution in [3.8, 4) is 11.1 Å². The van der Waals surface area contributed by atoms with E-state index < -0.39 is 5.41 Å². The van der Waals surface area contributed by atoms with Crippen LogP contribution in [0.1, 0.15) is 44.2 Å². The van der Waals surface area contributed by atoms with Crippen LogP contribution in [0.2, 0.25) is 0 Å². The van der Waals surface area contributed by atoms with Gasteiger partial charge in [-0.3, -0.25) is 9.59 Å². The molecule has 4 heteroatoms. The van der Waals surface area contributed by atoms with E-state index in [-0.39, 0.29) is 11.8 Å². The molecule has 2 aromatic carbocycles. The molecule has 1 aliphatic heterocycles. The number of amides is 2. The zero-order chi connectivity index (χ0) is 22.6. The summed E-state index contributed by atoms with van der Waals surface area (Å²) in [5.74, 6) is 0.740. The van der Waals surface area contributed by atoms with Crippen molar-refractivity contribution in [2.75, 3.05) is 27.2 Å². The summed E-state index contributed by atoms with van der Waals surface area (Å²) in [5, 5.41) is 0. The predicted octanol–water partition coefficient (Wildman–Crippen LogP) is 4.95. The van der Waals surface area contributed by atoms with Crippen molar-refractivity contribution in [1.82, 2.24) is 9.80 Å². The summed E-state index contributed by atoms with van der Waals surface area (Å²) >= 11 is 0. The molecule has 0 spiro atoms. The first-order valence-electron chi connectivity index (χ1n) is 11.4. The molecule has 0 radical (unpaired) electrons. The van der Waals surface area contributed by atoms with Gasteiger partial charge in [0.05, 0.1) is 5.41 Å². The van der Waals surface area contributed by atoms with Gasteiger partial charge in [0.2, 0.25) is 11.8 Å². The van der Waals surface area contributed by atoms with E-state index in [2.05, 4.69) is 69.3 Å². The maximum absolute atomic E-state index is 13.2. The second-order valence-electron chi connectivity index (χ2n) is 9.70. The molecule has 1 aliphatic rings. The Bertz CT molecular complexity index is 907. The van der Waals surface area contributed by atoms with Gasteiger partial charge in [-0.15, -0.1) is 0 Å². The Kier molecular flexibility index (Phi) is 7.19. The molecule has 0 bridgehead atoms. The molecule has 4 nitrogen and oxygen atoms in total. The highest BCUT2D eigenvalue weighted by Gasteiger charge is 2.43. The predicted molar refractivity (Wildman–Crippen MR) is 127 cm³/mol. The summed E-state index contributed by atoms with van der Waals surface area (Å²) < 4.78 is 0. The summed E-state index contributed by atoms with van der Waals surface area (Å²) in [6, 6.07) is 17.1. The average molecular weight is 421 g/mol. The van der Waals surface area contributed by atoms with Crippen molar-refractivity contribution < 1.29 is 9.59 Å². The van der Waals surface area contributed by atoms with Crippen molar-refractivity contribution in [2.45, 2.75) is 46.5 Å². The second kappa shape index (κ2) is 9.67. The van der Waals surface area contributed by atoms with E-state index in [0.29, 0.717) is 44.7 Å². The largest absolute Gasteiger partial charge is 0.348 e. The Morgan fingerprint density at radius 2 is 1.65 bits per heavy atom. The average Bonchev–Trinajstić information content (AvgIpc) is 2.73. The number of piperidine rings is 1. The molecular weight excluding hydrogens is 384 g/mol. The lowest BCUT2D eigenvalue weighted by Crippen LogP contribution is -2.51. The van der Waals surface area contributed by atoms with E-state index in [0.717, 1.165) is 0 Å². The van der Waals surface area contributed by atoms with Crippen LogP contribution in [0.5, 0.6) is 0 Å². The van der Waals surface area contributed by atoms with Crippen LogP contribution in [0.3, 0.4) is 0 Å². The number of nitrogens with zero attached hydrogens (tertiary/aromatic N) is 2. The Labute approximate surface area is 187 Å². The SMILES string of the molecule is Cc1cccc(-c2ccc(CC3(C(=O)N(C)C)CCN(C(=O)CC(C)C)CC3)cc2)c1. The fraction of sp³-hybridized carbons (Fsp3) is 0.481. The lowest BCUT2D eigenvalue weighted by Gasteiger charge is -2.42. The smallest absolute Gasteiger partial charge is 0.228 e. The molecule has 0 saturated carbocycles. The minimum Gasteiger partial charge on any atom is -0.348 e. The van der Waals surface area contributed by atoms with Gasteiger partial charge >= 0.3 is 0 Å². The summed E-state index contributed by atoms with van der Waals surface area (Å²) in [6.07, 6.45) is 2.72. The summed E-state index contributed by atoms with van der Waals surface area (Å²) in [6.45, 7) is 7.57. The van der Waals surface area contributed by atoms with Crippen molar-refractivity contribution in [2.24, 2.45) is 11.3 Å². The third-order valence-electron chi connectivity index (χ3n) is 6.36. The summed E-state index contributed by atoms with van der Waals surface area (Å²) in [7, 11) is 3.67. The number of benzene rings is 2. The minimum absolute atomic E-state index is 0.172. The van der Waals surface area contributed by atoms with Gasteiger partial charge in [-0.05, 0) is 48.8 Å². The van der Waals surface area contributed by atoms with E-state index in [4.69, 9.17) is 0 Å². The van der Waals surface area contributed by atoms with Gasteiger partial charge in [0.25, 0.3) is 0 Å². The maximum Gasteiger partial charge on any atom is 0.228 e. The molecule has 1 heterocycles. The van der Waals surface area contributed by atoms with Gasteiger partial charge in [0, 0.05) is 33.6 Å². The van der Waals surface area contributed by atoms with Crippen molar-refractivity contribution in [3.05, 3.63) is 59.7 Å². The molecule has 0 aromatic heterocycles. The summed E-state index contributed by atoms with van der Waals surface area (Å²) in [4.78, 5) is 29.4. The zero-order valence-electron chi connectivity index (χ0n) is 19.6. The lowest BCUT2D eigenvalue weighted by atomic mass is 9.72. The zero-order valence-corrected chi connectivity index (χ0v) is 19.6. The van der Waals surface area contributed by atoms with Gasteiger partial charge < -0.3 is 9.80 Å². The van der Waals surface area contributed by atoms with E-state index in [1.807, 2.05) is 19.0 Å². The van der Waals surface area contributed by atoms with Crippen LogP contribution in [0.4, 0.5) is 0 Å². The van der Waals surface area contributed by atoms with Gasteiger partial charge in [-0.25, -0.2) is 0 Å². The molecule has 3 rings (SSSR count). The highest BCUT2D eigenvalue weighted by molar-refractivity contribution is 5.83. The molecule has 0 atom stereocenters. The third kappa shape index (κ3) is 5.55. The topological polar surface area (TPSA) is 40.6 Å². The van der Waals surface area contributed by atoms with Gasteiger partial charge in [-0.1, -0.05) is 67.9 Å². The first-order chi connectivity index (χ1) is 14.7. The molecule has 0 unspecified atom stereocenters. The first kappa shape index (κ1) is 23.1. The summed E-state index contributed by atoms with van der Waals surface area (Å²) in [5.41, 5.74) is 4.38. The fourth-order valence-electron chi connectivity index (χ4n) is 4.63. The highest BCUT2D eigenvalue weighted by Crippen LogP contribution is 2.37. The van der Waals surface area contributed by atoms with Crippen LogP contribution >= 0.6 is 0 Å². The third-order valence-corrected chi connectivity index (χ3v) is 6.36. The minimum atomic E-state index is -0.442. The van der Waals surface area contributed by atoms with Gasteiger partial charge in [-0.2, -0.15) is 0 Å². The fourth-order valence-corrected chi connectivity index (χ4v) is 4.63. The van der Waals surface area contributed by atoms with Crippen LogP contribution in [0.25, 0.3) is 11.1 Å². The normalized spacial score (nSPS) is 15.7. The molecule has 166 valence electrons. The number of aryl methyl sites for hydroxylation is 1. The molecule has 1 saturated heterocycles. The van der Waals surface area contributed by atoms with Gasteiger partial charge in [0.15, 0.2) is 0 Å². The van der Waals surface area contributed by atoms with Crippen LogP contribution in [-0.4, -0.2) is 48.8 Å². The van der Waals surface area contributed by atoms with E-state index in [1.54, 1.807) is 4.90 Å². The first-order valence-corrected chi connectivity index (χ1v) is 11.4. The molecule has 2 aromatic rings. The Balaban J connectivity index is 1.76. The maximum atomic E-state index is 13.2. The monoisotopic (exact) mass is 420 g/mol. The quantitative estimate of drug-likeness (QED) is 0.664. The van der Waals surface area contributed by atoms with E-state index >= 15 is 0 Å². The number of hydrogen-bond donors (Lipinski definition) is 0. The lowest BCUT2D eigenvalue weighted by molar-refractivity contribution is -0.146. The second-order valence-corrected chi connectivity index (χ2v) is 9.70. The van der Waals surface area contributed by atoms with Crippen molar-refractivity contribution >= 4 is 11.8 Å². The van der Waals surface area contributed by atoms with E-state index in [1.165, 1.54) is 22.3 Å². The van der Waals surface area contributed by atoms with Gasteiger partial charge in [0.1, 0.15) is 0 Å². The number of carbonyl (C=O) groups is 2. The Hall–Kier alpha value is -2.62. The molecule has 2 amide bonds. The van der Waals surface area contributed by atoms with Crippen LogP contribution in [0, 0.1) is 18.3 Å². The van der Waals surface area contributed by atoms with E-state index in [9.17, 15) is 9.59 Å². The molecule has 1 fully saturated rings. The van der Waals surface area contributed by atoms with Crippen LogP contribution < -0.4 is 0 Å². The van der Waals surface area contributed by atoms with Crippen molar-refractivity contribution in [1.29, 1.82) is 0 Å². The number of likely N-dealkylation sites (tertiary alicyclic amines) is 1. The molecule has 31 heavy (non-hydrogen) atoms. The van der Waals surface area contributed by atoms with Crippen LogP contribution in [0.15, 0.2) is 48.5 Å². The Morgan fingerprint density at radius 3 is 2.19 bits per heavy atom. The standard InChI is InChI=1S/C27H36N2O2/c1-20(2)17-25(30)29-15-13-27(14-16-29,26(31)28(4)5)19-22-9-11-23(12-10-22)24-8-6-7-21(3)18-24/h6-12,18,20H,13-17,19H2,1-5H3.